The highest BCUT2D eigenvalue weighted by molar-refractivity contribution is 7.87. The van der Waals surface area contributed by atoms with Gasteiger partial charge in [-0.2, -0.15) is 17.0 Å². The highest BCUT2D eigenvalue weighted by Gasteiger charge is 2.37. The van der Waals surface area contributed by atoms with Gasteiger partial charge < -0.3 is 5.32 Å². The molecule has 1 fully saturated rings. The van der Waals surface area contributed by atoms with E-state index in [0.717, 1.165) is 11.1 Å². The van der Waals surface area contributed by atoms with E-state index < -0.39 is 16.1 Å². The van der Waals surface area contributed by atoms with Crippen molar-refractivity contribution in [3.63, 3.8) is 0 Å². The summed E-state index contributed by atoms with van der Waals surface area (Å²) in [5, 5.41) is 3.77. The minimum absolute atomic E-state index is 0.174. The van der Waals surface area contributed by atoms with Crippen molar-refractivity contribution >= 4 is 45.0 Å². The predicted octanol–water partition coefficient (Wildman–Crippen LogP) is 3.30. The third kappa shape index (κ3) is 4.44. The highest BCUT2D eigenvalue weighted by Crippen LogP contribution is 2.25. The van der Waals surface area contributed by atoms with Gasteiger partial charge in [-0.25, -0.2) is 0 Å². The third-order valence-electron chi connectivity index (χ3n) is 4.42. The van der Waals surface area contributed by atoms with Crippen LogP contribution in [0, 0.1) is 6.92 Å². The van der Waals surface area contributed by atoms with Gasteiger partial charge in [-0.05, 0) is 36.2 Å². The normalized spacial score (nSPS) is 17.1. The molecule has 3 rings (SSSR count). The van der Waals surface area contributed by atoms with Crippen LogP contribution in [0.5, 0.6) is 0 Å². The summed E-state index contributed by atoms with van der Waals surface area (Å²) in [5.41, 5.74) is 2.03. The number of rotatable bonds is 5. The second-order valence-corrected chi connectivity index (χ2v) is 8.97. The van der Waals surface area contributed by atoms with Crippen molar-refractivity contribution in [3.05, 3.63) is 63.6 Å². The van der Waals surface area contributed by atoms with E-state index in [0.29, 0.717) is 22.3 Å². The maximum Gasteiger partial charge on any atom is 0.282 e. The lowest BCUT2D eigenvalue weighted by atomic mass is 10.2. The van der Waals surface area contributed by atoms with Crippen LogP contribution in [-0.4, -0.2) is 42.6 Å². The number of carbonyl (C=O) groups is 1. The molecule has 144 valence electrons. The van der Waals surface area contributed by atoms with E-state index in [4.69, 9.17) is 23.2 Å². The van der Waals surface area contributed by atoms with Crippen LogP contribution in [0.2, 0.25) is 10.0 Å². The molecule has 2 aromatic carbocycles. The predicted molar refractivity (Wildman–Crippen MR) is 107 cm³/mol. The van der Waals surface area contributed by atoms with Gasteiger partial charge in [0, 0.05) is 35.4 Å². The van der Waals surface area contributed by atoms with Crippen molar-refractivity contribution in [2.45, 2.75) is 13.5 Å². The first-order chi connectivity index (χ1) is 12.8. The summed E-state index contributed by atoms with van der Waals surface area (Å²) >= 11 is 12.2. The van der Waals surface area contributed by atoms with E-state index >= 15 is 0 Å². The number of hydrogen-bond acceptors (Lipinski definition) is 3. The Morgan fingerprint density at radius 2 is 1.70 bits per heavy atom. The Hall–Kier alpha value is -1.64. The molecular formula is C18H19Cl2N3O3S. The highest BCUT2D eigenvalue weighted by atomic mass is 35.5. The maximum absolute atomic E-state index is 12.7. The van der Waals surface area contributed by atoms with E-state index in [-0.39, 0.29) is 19.6 Å². The summed E-state index contributed by atoms with van der Waals surface area (Å²) in [6.07, 6.45) is 0. The van der Waals surface area contributed by atoms with E-state index in [9.17, 15) is 13.2 Å². The van der Waals surface area contributed by atoms with Crippen LogP contribution in [0.1, 0.15) is 11.1 Å². The van der Waals surface area contributed by atoms with Crippen molar-refractivity contribution in [1.82, 2.24) is 8.61 Å². The Bertz CT molecular complexity index is 966. The van der Waals surface area contributed by atoms with Crippen molar-refractivity contribution < 1.29 is 13.2 Å². The third-order valence-corrected chi connectivity index (χ3v) is 7.12. The molecule has 2 aromatic rings. The Morgan fingerprint density at radius 1 is 1.04 bits per heavy atom. The lowest BCUT2D eigenvalue weighted by Gasteiger charge is -2.19. The molecule has 1 saturated heterocycles. The first-order valence-electron chi connectivity index (χ1n) is 8.32. The summed E-state index contributed by atoms with van der Waals surface area (Å²) in [5.74, 6) is -0.413. The molecular weight excluding hydrogens is 409 g/mol. The minimum Gasteiger partial charge on any atom is -0.325 e. The SMILES string of the molecule is Cc1c(Cl)cccc1NC(=O)CN1CCN(Cc2ccccc2Cl)S1(=O)=O. The number of amides is 1. The average Bonchev–Trinajstić information content (AvgIpc) is 2.88. The van der Waals surface area contributed by atoms with Crippen molar-refractivity contribution in [2.24, 2.45) is 0 Å². The van der Waals surface area contributed by atoms with Gasteiger partial charge >= 0.3 is 0 Å². The summed E-state index contributed by atoms with van der Waals surface area (Å²) < 4.78 is 27.9. The van der Waals surface area contributed by atoms with Crippen LogP contribution in [0.4, 0.5) is 5.69 Å². The van der Waals surface area contributed by atoms with Crippen molar-refractivity contribution in [3.8, 4) is 0 Å². The molecule has 1 amide bonds. The molecule has 0 radical (unpaired) electrons. The second kappa shape index (κ2) is 8.16. The van der Waals surface area contributed by atoms with Gasteiger partial charge in [0.15, 0.2) is 0 Å². The van der Waals surface area contributed by atoms with Gasteiger partial charge in [-0.3, -0.25) is 4.79 Å². The number of carbonyl (C=O) groups excluding carboxylic acids is 1. The summed E-state index contributed by atoms with van der Waals surface area (Å²) in [7, 11) is -3.73. The molecule has 1 aliphatic rings. The smallest absolute Gasteiger partial charge is 0.282 e. The van der Waals surface area contributed by atoms with Crippen LogP contribution in [0.25, 0.3) is 0 Å². The Balaban J connectivity index is 1.67. The Labute approximate surface area is 168 Å². The molecule has 1 heterocycles. The van der Waals surface area contributed by atoms with Crippen LogP contribution < -0.4 is 5.32 Å². The molecule has 0 unspecified atom stereocenters. The molecule has 0 saturated carbocycles. The lowest BCUT2D eigenvalue weighted by molar-refractivity contribution is -0.116. The molecule has 27 heavy (non-hydrogen) atoms. The van der Waals surface area contributed by atoms with Crippen LogP contribution >= 0.6 is 23.2 Å². The molecule has 0 bridgehead atoms. The molecule has 0 aliphatic carbocycles. The lowest BCUT2D eigenvalue weighted by Crippen LogP contribution is -2.38. The number of nitrogens with zero attached hydrogens (tertiary/aromatic N) is 2. The number of hydrogen-bond donors (Lipinski definition) is 1. The molecule has 0 atom stereocenters. The monoisotopic (exact) mass is 427 g/mol. The number of halogens is 2. The Kier molecular flexibility index (Phi) is 6.08. The van der Waals surface area contributed by atoms with Crippen LogP contribution in [0.15, 0.2) is 42.5 Å². The van der Waals surface area contributed by atoms with Crippen LogP contribution in [-0.2, 0) is 21.5 Å². The average molecular weight is 428 g/mol. The zero-order chi connectivity index (χ0) is 19.6. The second-order valence-electron chi connectivity index (χ2n) is 6.23. The number of nitrogens with one attached hydrogen (secondary N) is 1. The number of anilines is 1. The van der Waals surface area contributed by atoms with E-state index in [2.05, 4.69) is 5.32 Å². The summed E-state index contributed by atoms with van der Waals surface area (Å²) in [4.78, 5) is 12.3. The van der Waals surface area contributed by atoms with Crippen LogP contribution in [0.3, 0.4) is 0 Å². The largest absolute Gasteiger partial charge is 0.325 e. The van der Waals surface area contributed by atoms with Crippen molar-refractivity contribution in [2.75, 3.05) is 25.0 Å². The van der Waals surface area contributed by atoms with E-state index in [1.807, 2.05) is 6.07 Å². The maximum atomic E-state index is 12.7. The first kappa shape index (κ1) is 20.1. The topological polar surface area (TPSA) is 69.7 Å². The quantitative estimate of drug-likeness (QED) is 0.795. The molecule has 1 N–H and O–H groups in total. The zero-order valence-electron chi connectivity index (χ0n) is 14.7. The van der Waals surface area contributed by atoms with Gasteiger partial charge in [0.05, 0.1) is 6.54 Å². The molecule has 0 spiro atoms. The van der Waals surface area contributed by atoms with E-state index in [1.165, 1.54) is 8.61 Å². The van der Waals surface area contributed by atoms with Gasteiger partial charge in [0.2, 0.25) is 5.91 Å². The summed E-state index contributed by atoms with van der Waals surface area (Å²) in [6.45, 7) is 2.25. The van der Waals surface area contributed by atoms with Crippen molar-refractivity contribution in [1.29, 1.82) is 0 Å². The van der Waals surface area contributed by atoms with Gasteiger partial charge in [0.25, 0.3) is 10.2 Å². The molecule has 9 heteroatoms. The summed E-state index contributed by atoms with van der Waals surface area (Å²) in [6, 6.07) is 12.3. The fraction of sp³-hybridized carbons (Fsp3) is 0.278. The molecule has 6 nitrogen and oxygen atoms in total. The fourth-order valence-corrected chi connectivity index (χ4v) is 4.75. The van der Waals surface area contributed by atoms with Gasteiger partial charge in [0.1, 0.15) is 0 Å². The van der Waals surface area contributed by atoms with Gasteiger partial charge in [-0.1, -0.05) is 47.5 Å². The Morgan fingerprint density at radius 3 is 2.44 bits per heavy atom. The van der Waals surface area contributed by atoms with E-state index in [1.54, 1.807) is 43.3 Å². The minimum atomic E-state index is -3.73. The molecule has 1 aliphatic heterocycles. The molecule has 0 aromatic heterocycles. The van der Waals surface area contributed by atoms with Gasteiger partial charge in [-0.15, -0.1) is 0 Å². The first-order valence-corrected chi connectivity index (χ1v) is 10.5. The standard InChI is InChI=1S/C18H19Cl2N3O3S/c1-13-15(19)7-4-8-17(13)21-18(24)12-23-10-9-22(27(23,25)26)11-14-5-2-3-6-16(14)20/h2-8H,9-12H2,1H3,(H,21,24). The number of benzene rings is 2. The zero-order valence-corrected chi connectivity index (χ0v) is 17.0. The fourth-order valence-electron chi connectivity index (χ4n) is 2.85.